The maximum absolute atomic E-state index is 11.7. The van der Waals surface area contributed by atoms with Crippen LogP contribution in [0.25, 0.3) is 0 Å². The highest BCUT2D eigenvalue weighted by Crippen LogP contribution is 2.16. The molecule has 112 valence electrons. The Morgan fingerprint density at radius 1 is 1.40 bits per heavy atom. The van der Waals surface area contributed by atoms with Gasteiger partial charge in [0.1, 0.15) is 0 Å². The molecule has 1 atom stereocenters. The van der Waals surface area contributed by atoms with Gasteiger partial charge in [-0.25, -0.2) is 17.5 Å². The Hall–Kier alpha value is -1.91. The SMILES string of the molecule is CN(C)S(=O)(=O)c1ccc(C(=O)NC(CO)C(=O)O)o1. The van der Waals surface area contributed by atoms with E-state index in [0.717, 1.165) is 16.4 Å². The summed E-state index contributed by atoms with van der Waals surface area (Å²) in [7, 11) is -1.23. The van der Waals surface area contributed by atoms with E-state index in [1.807, 2.05) is 5.32 Å². The third-order valence-electron chi connectivity index (χ3n) is 2.33. The molecule has 1 heterocycles. The number of aliphatic carboxylic acids is 1. The van der Waals surface area contributed by atoms with E-state index in [2.05, 4.69) is 0 Å². The number of sulfonamides is 1. The zero-order valence-corrected chi connectivity index (χ0v) is 11.5. The molecule has 0 saturated carbocycles. The molecular formula is C10H14N2O7S. The Bertz CT molecular complexity index is 605. The number of furan rings is 1. The average molecular weight is 306 g/mol. The lowest BCUT2D eigenvalue weighted by Gasteiger charge is -2.10. The molecule has 9 nitrogen and oxygen atoms in total. The molecule has 0 fully saturated rings. The number of hydrogen-bond acceptors (Lipinski definition) is 6. The van der Waals surface area contributed by atoms with E-state index in [-0.39, 0.29) is 5.76 Å². The van der Waals surface area contributed by atoms with Gasteiger partial charge in [0, 0.05) is 14.1 Å². The number of carboxylic acids is 1. The summed E-state index contributed by atoms with van der Waals surface area (Å²) in [5.41, 5.74) is 0. The summed E-state index contributed by atoms with van der Waals surface area (Å²) in [6.45, 7) is -0.801. The monoisotopic (exact) mass is 306 g/mol. The number of carbonyl (C=O) groups is 2. The van der Waals surface area contributed by atoms with Gasteiger partial charge in [0.05, 0.1) is 6.61 Å². The first kappa shape index (κ1) is 16.1. The second-order valence-electron chi connectivity index (χ2n) is 3.95. The van der Waals surface area contributed by atoms with Crippen molar-refractivity contribution < 1.29 is 32.6 Å². The first-order valence-electron chi connectivity index (χ1n) is 5.37. The molecule has 0 bridgehead atoms. The topological polar surface area (TPSA) is 137 Å². The zero-order valence-electron chi connectivity index (χ0n) is 10.7. The molecule has 1 aromatic heterocycles. The minimum Gasteiger partial charge on any atom is -0.480 e. The van der Waals surface area contributed by atoms with Gasteiger partial charge in [0.2, 0.25) is 5.09 Å². The van der Waals surface area contributed by atoms with Crippen molar-refractivity contribution >= 4 is 21.9 Å². The second kappa shape index (κ2) is 6.03. The smallest absolute Gasteiger partial charge is 0.328 e. The van der Waals surface area contributed by atoms with E-state index in [1.54, 1.807) is 0 Å². The van der Waals surface area contributed by atoms with Crippen molar-refractivity contribution in [1.29, 1.82) is 0 Å². The molecule has 0 spiro atoms. The van der Waals surface area contributed by atoms with Crippen LogP contribution in [0.15, 0.2) is 21.6 Å². The minimum atomic E-state index is -3.82. The van der Waals surface area contributed by atoms with Gasteiger partial charge in [-0.05, 0) is 12.1 Å². The zero-order chi connectivity index (χ0) is 15.5. The lowest BCUT2D eigenvalue weighted by Crippen LogP contribution is -2.43. The van der Waals surface area contributed by atoms with Gasteiger partial charge in [0.25, 0.3) is 15.9 Å². The lowest BCUT2D eigenvalue weighted by molar-refractivity contribution is -0.140. The van der Waals surface area contributed by atoms with Gasteiger partial charge in [0.15, 0.2) is 11.8 Å². The van der Waals surface area contributed by atoms with Crippen LogP contribution in [0, 0.1) is 0 Å². The van der Waals surface area contributed by atoms with Crippen LogP contribution < -0.4 is 5.32 Å². The molecule has 0 aromatic carbocycles. The summed E-state index contributed by atoms with van der Waals surface area (Å²) in [6.07, 6.45) is 0. The number of aliphatic hydroxyl groups excluding tert-OH is 1. The molecule has 1 rings (SSSR count). The van der Waals surface area contributed by atoms with E-state index in [9.17, 15) is 18.0 Å². The fraction of sp³-hybridized carbons (Fsp3) is 0.400. The molecule has 1 unspecified atom stereocenters. The summed E-state index contributed by atoms with van der Waals surface area (Å²) in [6, 6.07) is 0.683. The molecule has 1 amide bonds. The van der Waals surface area contributed by atoms with Crippen LogP contribution in [0.5, 0.6) is 0 Å². The first-order valence-corrected chi connectivity index (χ1v) is 6.81. The molecule has 0 radical (unpaired) electrons. The molecule has 10 heteroatoms. The number of nitrogens with zero attached hydrogens (tertiary/aromatic N) is 1. The van der Waals surface area contributed by atoms with E-state index in [0.29, 0.717) is 0 Å². The number of aliphatic hydroxyl groups is 1. The Labute approximate surface area is 114 Å². The fourth-order valence-corrected chi connectivity index (χ4v) is 1.97. The number of nitrogens with one attached hydrogen (secondary N) is 1. The van der Waals surface area contributed by atoms with E-state index >= 15 is 0 Å². The largest absolute Gasteiger partial charge is 0.480 e. The van der Waals surface area contributed by atoms with Crippen LogP contribution in [0.2, 0.25) is 0 Å². The van der Waals surface area contributed by atoms with Crippen molar-refractivity contribution in [2.45, 2.75) is 11.1 Å². The van der Waals surface area contributed by atoms with Crippen molar-refractivity contribution in [3.05, 3.63) is 17.9 Å². The summed E-state index contributed by atoms with van der Waals surface area (Å²) >= 11 is 0. The number of rotatable bonds is 6. The van der Waals surface area contributed by atoms with Crippen LogP contribution in [0.4, 0.5) is 0 Å². The molecular weight excluding hydrogens is 292 g/mol. The first-order chi connectivity index (χ1) is 9.20. The Balaban J connectivity index is 2.93. The highest BCUT2D eigenvalue weighted by molar-refractivity contribution is 7.88. The Morgan fingerprint density at radius 3 is 2.45 bits per heavy atom. The van der Waals surface area contributed by atoms with Crippen LogP contribution in [0.3, 0.4) is 0 Å². The molecule has 3 N–H and O–H groups in total. The van der Waals surface area contributed by atoms with Crippen molar-refractivity contribution in [3.8, 4) is 0 Å². The molecule has 0 aliphatic rings. The van der Waals surface area contributed by atoms with E-state index < -0.39 is 39.6 Å². The number of carbonyl (C=O) groups excluding carboxylic acids is 1. The predicted octanol–water partition coefficient (Wildman–Crippen LogP) is -1.29. The van der Waals surface area contributed by atoms with Gasteiger partial charge >= 0.3 is 5.97 Å². The number of hydrogen-bond donors (Lipinski definition) is 3. The summed E-state index contributed by atoms with van der Waals surface area (Å²) < 4.78 is 29.2. The van der Waals surface area contributed by atoms with Crippen molar-refractivity contribution in [1.82, 2.24) is 9.62 Å². The standard InChI is InChI=1S/C10H14N2O7S/c1-12(2)20(17,18)8-4-3-7(19-8)9(14)11-6(5-13)10(15)16/h3-4,6,13H,5H2,1-2H3,(H,11,14)(H,15,16). The Morgan fingerprint density at radius 2 is 2.00 bits per heavy atom. The highest BCUT2D eigenvalue weighted by atomic mass is 32.2. The third-order valence-corrected chi connectivity index (χ3v) is 4.02. The van der Waals surface area contributed by atoms with E-state index in [4.69, 9.17) is 14.6 Å². The maximum atomic E-state index is 11.7. The molecule has 1 aromatic rings. The molecule has 0 aliphatic heterocycles. The van der Waals surface area contributed by atoms with Gasteiger partial charge in [-0.1, -0.05) is 0 Å². The van der Waals surface area contributed by atoms with Crippen LogP contribution >= 0.6 is 0 Å². The molecule has 20 heavy (non-hydrogen) atoms. The summed E-state index contributed by atoms with van der Waals surface area (Å²) in [5.74, 6) is -2.73. The second-order valence-corrected chi connectivity index (χ2v) is 6.04. The van der Waals surface area contributed by atoms with Crippen LogP contribution in [-0.4, -0.2) is 61.6 Å². The molecule has 0 saturated heterocycles. The number of carboxylic acid groups (broad SMARTS) is 1. The number of amides is 1. The van der Waals surface area contributed by atoms with Crippen LogP contribution in [0.1, 0.15) is 10.6 Å². The van der Waals surface area contributed by atoms with Gasteiger partial charge in [-0.15, -0.1) is 0 Å². The van der Waals surface area contributed by atoms with Crippen LogP contribution in [-0.2, 0) is 14.8 Å². The maximum Gasteiger partial charge on any atom is 0.328 e. The normalized spacial score (nSPS) is 13.2. The predicted molar refractivity (Wildman–Crippen MR) is 65.6 cm³/mol. The lowest BCUT2D eigenvalue weighted by atomic mass is 10.3. The summed E-state index contributed by atoms with van der Waals surface area (Å²) in [4.78, 5) is 22.3. The van der Waals surface area contributed by atoms with Crippen molar-refractivity contribution in [2.24, 2.45) is 0 Å². The minimum absolute atomic E-state index is 0.370. The van der Waals surface area contributed by atoms with Crippen molar-refractivity contribution in [3.63, 3.8) is 0 Å². The molecule has 0 aliphatic carbocycles. The van der Waals surface area contributed by atoms with E-state index in [1.165, 1.54) is 14.1 Å². The highest BCUT2D eigenvalue weighted by Gasteiger charge is 2.25. The fourth-order valence-electron chi connectivity index (χ4n) is 1.18. The quantitative estimate of drug-likeness (QED) is 0.594. The Kier molecular flexibility index (Phi) is 4.87. The summed E-state index contributed by atoms with van der Waals surface area (Å²) in [5, 5.41) is 19.0. The average Bonchev–Trinajstić information content (AvgIpc) is 2.85. The van der Waals surface area contributed by atoms with Gasteiger partial charge in [-0.3, -0.25) is 4.79 Å². The van der Waals surface area contributed by atoms with Gasteiger partial charge < -0.3 is 19.9 Å². The van der Waals surface area contributed by atoms with Crippen molar-refractivity contribution in [2.75, 3.05) is 20.7 Å². The third kappa shape index (κ3) is 3.35. The van der Waals surface area contributed by atoms with Gasteiger partial charge in [-0.2, -0.15) is 0 Å².